The average Bonchev–Trinajstić information content (AvgIpc) is 2.36. The quantitative estimate of drug-likeness (QED) is 0.875. The van der Waals surface area contributed by atoms with Gasteiger partial charge in [0.15, 0.2) is 0 Å². The fourth-order valence-electron chi connectivity index (χ4n) is 2.93. The number of piperidine rings is 1. The maximum Gasteiger partial charge on any atom is 0.244 e. The van der Waals surface area contributed by atoms with Crippen molar-refractivity contribution in [1.29, 1.82) is 0 Å². The Morgan fingerprint density at radius 2 is 2.00 bits per heavy atom. The molecule has 0 aromatic heterocycles. The SMILES string of the molecule is COc1cc(C)cc(C)c1S(=O)(=O)NC1CCNC(C)C1.Cl. The van der Waals surface area contributed by atoms with Crippen LogP contribution in [0.15, 0.2) is 17.0 Å². The first-order valence-electron chi connectivity index (χ1n) is 7.24. The molecule has 22 heavy (non-hydrogen) atoms. The van der Waals surface area contributed by atoms with E-state index in [9.17, 15) is 8.42 Å². The lowest BCUT2D eigenvalue weighted by atomic mass is 10.0. The summed E-state index contributed by atoms with van der Waals surface area (Å²) in [5, 5.41) is 3.32. The van der Waals surface area contributed by atoms with Crippen molar-refractivity contribution in [2.75, 3.05) is 13.7 Å². The fourth-order valence-corrected chi connectivity index (χ4v) is 4.59. The summed E-state index contributed by atoms with van der Waals surface area (Å²) in [6.07, 6.45) is 1.60. The van der Waals surface area contributed by atoms with Gasteiger partial charge in [0, 0.05) is 12.1 Å². The molecule has 1 aliphatic heterocycles. The first-order chi connectivity index (χ1) is 9.83. The van der Waals surface area contributed by atoms with Crippen LogP contribution >= 0.6 is 12.4 Å². The molecule has 2 atom stereocenters. The topological polar surface area (TPSA) is 67.4 Å². The minimum absolute atomic E-state index is 0. The molecule has 0 spiro atoms. The van der Waals surface area contributed by atoms with E-state index in [0.717, 1.165) is 24.9 Å². The fraction of sp³-hybridized carbons (Fsp3) is 0.600. The van der Waals surface area contributed by atoms with Crippen LogP contribution in [0, 0.1) is 13.8 Å². The Morgan fingerprint density at radius 1 is 1.32 bits per heavy atom. The van der Waals surface area contributed by atoms with Gasteiger partial charge in [0.1, 0.15) is 10.6 Å². The molecule has 1 aromatic rings. The third-order valence-corrected chi connectivity index (χ3v) is 5.52. The van der Waals surface area contributed by atoms with Crippen LogP contribution < -0.4 is 14.8 Å². The van der Waals surface area contributed by atoms with Crippen molar-refractivity contribution in [3.8, 4) is 5.75 Å². The van der Waals surface area contributed by atoms with Crippen molar-refractivity contribution < 1.29 is 13.2 Å². The molecule has 1 aliphatic rings. The number of hydrogen-bond donors (Lipinski definition) is 2. The summed E-state index contributed by atoms with van der Waals surface area (Å²) in [5.41, 5.74) is 1.69. The average molecular weight is 349 g/mol. The van der Waals surface area contributed by atoms with Gasteiger partial charge in [-0.3, -0.25) is 0 Å². The Balaban J connectivity index is 0.00000242. The Hall–Kier alpha value is -0.820. The van der Waals surface area contributed by atoms with Gasteiger partial charge in [-0.25, -0.2) is 13.1 Å². The number of halogens is 1. The van der Waals surface area contributed by atoms with Gasteiger partial charge < -0.3 is 10.1 Å². The van der Waals surface area contributed by atoms with E-state index in [1.54, 1.807) is 13.0 Å². The van der Waals surface area contributed by atoms with Crippen molar-refractivity contribution in [2.24, 2.45) is 0 Å². The van der Waals surface area contributed by atoms with Gasteiger partial charge in [0.2, 0.25) is 10.0 Å². The van der Waals surface area contributed by atoms with Crippen molar-refractivity contribution in [3.05, 3.63) is 23.3 Å². The summed E-state index contributed by atoms with van der Waals surface area (Å²) in [6.45, 7) is 6.62. The summed E-state index contributed by atoms with van der Waals surface area (Å²) in [4.78, 5) is 0.252. The smallest absolute Gasteiger partial charge is 0.244 e. The Kier molecular flexibility index (Phi) is 6.67. The molecule has 0 saturated carbocycles. The molecule has 5 nitrogen and oxygen atoms in total. The third kappa shape index (κ3) is 4.35. The third-order valence-electron chi connectivity index (χ3n) is 3.82. The van der Waals surface area contributed by atoms with Gasteiger partial charge in [-0.1, -0.05) is 6.07 Å². The first-order valence-corrected chi connectivity index (χ1v) is 8.72. The maximum atomic E-state index is 12.7. The number of aryl methyl sites for hydroxylation is 2. The highest BCUT2D eigenvalue weighted by Crippen LogP contribution is 2.29. The van der Waals surface area contributed by atoms with E-state index in [0.29, 0.717) is 17.4 Å². The molecule has 0 amide bonds. The highest BCUT2D eigenvalue weighted by Gasteiger charge is 2.28. The summed E-state index contributed by atoms with van der Waals surface area (Å²) >= 11 is 0. The molecule has 2 N–H and O–H groups in total. The van der Waals surface area contributed by atoms with E-state index in [1.807, 2.05) is 13.0 Å². The standard InChI is InChI=1S/C15H24N2O3S.ClH/c1-10-7-11(2)15(14(8-10)20-4)21(18,19)17-13-5-6-16-12(3)9-13;/h7-8,12-13,16-17H,5-6,9H2,1-4H3;1H. The number of benzene rings is 1. The first kappa shape index (κ1) is 19.2. The second-order valence-corrected chi connectivity index (χ2v) is 7.46. The number of methoxy groups -OCH3 is 1. The van der Waals surface area contributed by atoms with Crippen LogP contribution in [-0.2, 0) is 10.0 Å². The van der Waals surface area contributed by atoms with Gasteiger partial charge in [-0.15, -0.1) is 12.4 Å². The molecule has 1 saturated heterocycles. The van der Waals surface area contributed by atoms with Crippen LogP contribution in [0.5, 0.6) is 5.75 Å². The van der Waals surface area contributed by atoms with E-state index in [-0.39, 0.29) is 23.3 Å². The highest BCUT2D eigenvalue weighted by atomic mass is 35.5. The van der Waals surface area contributed by atoms with E-state index in [4.69, 9.17) is 4.74 Å². The Bertz CT molecular complexity index is 619. The van der Waals surface area contributed by atoms with Crippen molar-refractivity contribution in [3.63, 3.8) is 0 Å². The van der Waals surface area contributed by atoms with Gasteiger partial charge in [-0.2, -0.15) is 0 Å². The van der Waals surface area contributed by atoms with Crippen LogP contribution in [0.25, 0.3) is 0 Å². The van der Waals surface area contributed by atoms with Gasteiger partial charge in [0.05, 0.1) is 7.11 Å². The molecule has 1 heterocycles. The number of sulfonamides is 1. The summed E-state index contributed by atoms with van der Waals surface area (Å²) in [5.74, 6) is 0.405. The van der Waals surface area contributed by atoms with E-state index < -0.39 is 10.0 Å². The Morgan fingerprint density at radius 3 is 2.59 bits per heavy atom. The zero-order chi connectivity index (χ0) is 15.6. The molecule has 126 valence electrons. The van der Waals surface area contributed by atoms with Crippen LogP contribution in [0.2, 0.25) is 0 Å². The number of nitrogens with one attached hydrogen (secondary N) is 2. The van der Waals surface area contributed by atoms with E-state index in [1.165, 1.54) is 7.11 Å². The molecule has 1 aromatic carbocycles. The molecular formula is C15H25ClN2O3S. The predicted octanol–water partition coefficient (Wildman–Crippen LogP) is 2.15. The molecule has 2 unspecified atom stereocenters. The summed E-state index contributed by atoms with van der Waals surface area (Å²) in [6, 6.07) is 3.92. The van der Waals surface area contributed by atoms with Gasteiger partial charge in [-0.05, 0) is 57.4 Å². The molecule has 0 bridgehead atoms. The Labute approximate surface area is 139 Å². The number of hydrogen-bond acceptors (Lipinski definition) is 4. The minimum atomic E-state index is -3.58. The molecule has 1 fully saturated rings. The molecule has 0 aliphatic carbocycles. The normalized spacial score (nSPS) is 22.0. The monoisotopic (exact) mass is 348 g/mol. The summed E-state index contributed by atoms with van der Waals surface area (Å²) < 4.78 is 33.5. The van der Waals surface area contributed by atoms with Gasteiger partial charge >= 0.3 is 0 Å². The van der Waals surface area contributed by atoms with Crippen molar-refractivity contribution >= 4 is 22.4 Å². The molecule has 0 radical (unpaired) electrons. The number of rotatable bonds is 4. The molecule has 2 rings (SSSR count). The van der Waals surface area contributed by atoms with Gasteiger partial charge in [0.25, 0.3) is 0 Å². The summed E-state index contributed by atoms with van der Waals surface area (Å²) in [7, 11) is -2.08. The zero-order valence-corrected chi connectivity index (χ0v) is 15.1. The molecular weight excluding hydrogens is 324 g/mol. The lowest BCUT2D eigenvalue weighted by Crippen LogP contribution is -2.46. The zero-order valence-electron chi connectivity index (χ0n) is 13.5. The molecule has 7 heteroatoms. The van der Waals surface area contributed by atoms with Crippen LogP contribution in [0.4, 0.5) is 0 Å². The second-order valence-electron chi connectivity index (χ2n) is 5.81. The van der Waals surface area contributed by atoms with Crippen molar-refractivity contribution in [1.82, 2.24) is 10.0 Å². The largest absolute Gasteiger partial charge is 0.495 e. The lowest BCUT2D eigenvalue weighted by molar-refractivity contribution is 0.360. The van der Waals surface area contributed by atoms with Crippen molar-refractivity contribution in [2.45, 2.75) is 50.6 Å². The van der Waals surface area contributed by atoms with E-state index >= 15 is 0 Å². The predicted molar refractivity (Wildman–Crippen MR) is 90.5 cm³/mol. The lowest BCUT2D eigenvalue weighted by Gasteiger charge is -2.28. The van der Waals surface area contributed by atoms with Crippen LogP contribution in [0.1, 0.15) is 30.9 Å². The minimum Gasteiger partial charge on any atom is -0.495 e. The van der Waals surface area contributed by atoms with E-state index in [2.05, 4.69) is 17.0 Å². The highest BCUT2D eigenvalue weighted by molar-refractivity contribution is 7.89. The van der Waals surface area contributed by atoms with Crippen LogP contribution in [0.3, 0.4) is 0 Å². The second kappa shape index (κ2) is 7.64. The maximum absolute atomic E-state index is 12.7. The number of ether oxygens (including phenoxy) is 1. The van der Waals surface area contributed by atoms with Crippen LogP contribution in [-0.4, -0.2) is 34.2 Å².